The number of nitrogens with one attached hydrogen (secondary N) is 1. The van der Waals surface area contributed by atoms with E-state index in [0.717, 1.165) is 21.5 Å². The first-order valence-corrected chi connectivity index (χ1v) is 9.64. The van der Waals surface area contributed by atoms with Gasteiger partial charge in [-0.15, -0.1) is 20.5 Å². The number of amides is 1. The smallest absolute Gasteiger partial charge is 0.420 e. The van der Waals surface area contributed by atoms with Gasteiger partial charge in [-0.3, -0.25) is 4.79 Å². The molecule has 8 heteroatoms. The van der Waals surface area contributed by atoms with Crippen molar-refractivity contribution in [2.24, 2.45) is 7.05 Å². The number of halogens is 3. The molecule has 0 aliphatic rings. The summed E-state index contributed by atoms with van der Waals surface area (Å²) in [5.41, 5.74) is -1.31. The Morgan fingerprint density at radius 1 is 1.22 bits per heavy atom. The second kappa shape index (κ2) is 7.78. The molecule has 0 fully saturated rings. The second-order valence-corrected chi connectivity index (χ2v) is 7.11. The van der Waals surface area contributed by atoms with Gasteiger partial charge >= 0.3 is 5.57 Å². The Hall–Kier alpha value is -2.25. The highest BCUT2D eigenvalue weighted by Gasteiger charge is 2.27. The third kappa shape index (κ3) is 4.54. The summed E-state index contributed by atoms with van der Waals surface area (Å²) in [6.07, 6.45) is 2.17. The van der Waals surface area contributed by atoms with Gasteiger partial charge in [0, 0.05) is 45.8 Å². The van der Waals surface area contributed by atoms with Crippen molar-refractivity contribution in [2.75, 3.05) is 11.6 Å². The van der Waals surface area contributed by atoms with Crippen LogP contribution in [0.3, 0.4) is 0 Å². The molecule has 4 nitrogen and oxygen atoms in total. The zero-order valence-corrected chi connectivity index (χ0v) is 16.2. The van der Waals surface area contributed by atoms with Gasteiger partial charge in [0.05, 0.1) is 6.42 Å². The summed E-state index contributed by atoms with van der Waals surface area (Å²) in [7, 11) is 1.93. The number of carbonyl (C=O) groups is 1. The van der Waals surface area contributed by atoms with E-state index in [-0.39, 0.29) is 18.1 Å². The fourth-order valence-corrected chi connectivity index (χ4v) is 3.86. The molecule has 0 saturated heterocycles. The van der Waals surface area contributed by atoms with Gasteiger partial charge in [0.1, 0.15) is 5.75 Å². The van der Waals surface area contributed by atoms with Gasteiger partial charge in [0.15, 0.2) is 0 Å². The molecule has 1 aromatic heterocycles. The fraction of sp³-hybridized carbons (Fsp3) is 0.211. The lowest BCUT2D eigenvalue weighted by atomic mass is 10.2. The topological polar surface area (TPSA) is 43.3 Å². The van der Waals surface area contributed by atoms with Crippen LogP contribution in [-0.2, 0) is 18.3 Å². The van der Waals surface area contributed by atoms with Crippen molar-refractivity contribution < 1.29 is 18.3 Å². The summed E-state index contributed by atoms with van der Waals surface area (Å²) < 4.78 is 31.5. The number of rotatable bonds is 6. The Morgan fingerprint density at radius 2 is 1.89 bits per heavy atom. The molecule has 0 spiro atoms. The van der Waals surface area contributed by atoms with Crippen molar-refractivity contribution in [2.45, 2.75) is 16.9 Å². The zero-order valence-electron chi connectivity index (χ0n) is 14.6. The lowest BCUT2D eigenvalue weighted by molar-refractivity contribution is -0.115. The third-order valence-corrected chi connectivity index (χ3v) is 5.02. The van der Waals surface area contributed by atoms with E-state index in [1.165, 1.54) is 24.3 Å². The SMILES string of the molecule is CSc1c(CC(=O)Nc2ccc(OC(F)(F)Cl)cc2)n(C)c2ccccc12. The van der Waals surface area contributed by atoms with Crippen molar-refractivity contribution in [1.29, 1.82) is 0 Å². The van der Waals surface area contributed by atoms with Gasteiger partial charge < -0.3 is 14.6 Å². The molecule has 27 heavy (non-hydrogen) atoms. The predicted molar refractivity (Wildman–Crippen MR) is 105 cm³/mol. The molecule has 3 aromatic rings. The number of thioether (sulfide) groups is 1. The molecule has 1 N–H and O–H groups in total. The maximum absolute atomic E-state index is 12.6. The molecule has 0 aliphatic carbocycles. The van der Waals surface area contributed by atoms with Crippen LogP contribution in [0, 0.1) is 0 Å². The maximum atomic E-state index is 12.6. The predicted octanol–water partition coefficient (Wildman–Crippen LogP) is 5.25. The number of anilines is 1. The summed E-state index contributed by atoms with van der Waals surface area (Å²) in [4.78, 5) is 13.6. The molecule has 0 unspecified atom stereocenters. The normalized spacial score (nSPS) is 11.6. The van der Waals surface area contributed by atoms with Gasteiger partial charge in [-0.1, -0.05) is 18.2 Å². The zero-order chi connectivity index (χ0) is 19.6. The van der Waals surface area contributed by atoms with Crippen LogP contribution in [0.2, 0.25) is 0 Å². The summed E-state index contributed by atoms with van der Waals surface area (Å²) in [5.74, 6) is -0.293. The molecule has 0 saturated carbocycles. The second-order valence-electron chi connectivity index (χ2n) is 5.85. The average molecular weight is 411 g/mol. The third-order valence-electron chi connectivity index (χ3n) is 4.08. The molecule has 0 radical (unpaired) electrons. The molecule has 1 heterocycles. The van der Waals surface area contributed by atoms with Crippen molar-refractivity contribution >= 4 is 45.9 Å². The molecular weight excluding hydrogens is 394 g/mol. The van der Waals surface area contributed by atoms with E-state index in [1.807, 2.05) is 42.1 Å². The van der Waals surface area contributed by atoms with Crippen molar-refractivity contribution in [3.05, 3.63) is 54.2 Å². The van der Waals surface area contributed by atoms with Crippen LogP contribution in [0.5, 0.6) is 5.75 Å². The van der Waals surface area contributed by atoms with E-state index in [9.17, 15) is 13.6 Å². The molecule has 3 rings (SSSR count). The molecule has 0 atom stereocenters. The Morgan fingerprint density at radius 3 is 2.52 bits per heavy atom. The minimum atomic E-state index is -3.77. The number of aryl methyl sites for hydroxylation is 1. The maximum Gasteiger partial charge on any atom is 0.487 e. The largest absolute Gasteiger partial charge is 0.487 e. The average Bonchev–Trinajstić information content (AvgIpc) is 2.87. The minimum absolute atomic E-state index is 0.0913. The quantitative estimate of drug-likeness (QED) is 0.446. The summed E-state index contributed by atoms with van der Waals surface area (Å²) in [6, 6.07) is 13.6. The Balaban J connectivity index is 1.75. The van der Waals surface area contributed by atoms with Gasteiger partial charge in [-0.05, 0) is 36.6 Å². The number of para-hydroxylation sites is 1. The van der Waals surface area contributed by atoms with Crippen LogP contribution in [0.1, 0.15) is 5.69 Å². The number of alkyl halides is 3. The Kier molecular flexibility index (Phi) is 5.62. The van der Waals surface area contributed by atoms with E-state index in [1.54, 1.807) is 11.8 Å². The van der Waals surface area contributed by atoms with Gasteiger partial charge in [-0.2, -0.15) is 0 Å². The lowest BCUT2D eigenvalue weighted by Crippen LogP contribution is -2.17. The number of fused-ring (bicyclic) bond motifs is 1. The van der Waals surface area contributed by atoms with Gasteiger partial charge in [-0.25, -0.2) is 0 Å². The number of nitrogens with zero attached hydrogens (tertiary/aromatic N) is 1. The number of benzene rings is 2. The van der Waals surface area contributed by atoms with Crippen LogP contribution in [-0.4, -0.2) is 22.3 Å². The monoisotopic (exact) mass is 410 g/mol. The van der Waals surface area contributed by atoms with E-state index in [2.05, 4.69) is 10.1 Å². The van der Waals surface area contributed by atoms with E-state index in [4.69, 9.17) is 11.6 Å². The van der Waals surface area contributed by atoms with E-state index < -0.39 is 5.57 Å². The number of hydrogen-bond donors (Lipinski definition) is 1. The summed E-state index contributed by atoms with van der Waals surface area (Å²) in [6.45, 7) is 0. The van der Waals surface area contributed by atoms with Crippen LogP contribution >= 0.6 is 23.4 Å². The minimum Gasteiger partial charge on any atom is -0.420 e. The highest BCUT2D eigenvalue weighted by Crippen LogP contribution is 2.33. The van der Waals surface area contributed by atoms with Crippen molar-refractivity contribution in [1.82, 2.24) is 4.57 Å². The van der Waals surface area contributed by atoms with Gasteiger partial charge in [0.25, 0.3) is 0 Å². The molecule has 1 amide bonds. The van der Waals surface area contributed by atoms with E-state index in [0.29, 0.717) is 5.69 Å². The molecule has 0 bridgehead atoms. The van der Waals surface area contributed by atoms with Crippen LogP contribution in [0.4, 0.5) is 14.5 Å². The molecule has 0 aliphatic heterocycles. The van der Waals surface area contributed by atoms with Crippen LogP contribution in [0.25, 0.3) is 10.9 Å². The summed E-state index contributed by atoms with van der Waals surface area (Å²) >= 11 is 6.33. The number of ether oxygens (including phenoxy) is 1. The molecule has 142 valence electrons. The molecular formula is C19H17ClF2N2O2S. The first-order valence-electron chi connectivity index (χ1n) is 8.04. The Labute approximate surface area is 164 Å². The number of aromatic nitrogens is 1. The molecule has 2 aromatic carbocycles. The highest BCUT2D eigenvalue weighted by molar-refractivity contribution is 7.98. The van der Waals surface area contributed by atoms with Crippen LogP contribution < -0.4 is 10.1 Å². The highest BCUT2D eigenvalue weighted by atomic mass is 35.5. The Bertz CT molecular complexity index is 968. The number of carbonyl (C=O) groups excluding carboxylic acids is 1. The first-order chi connectivity index (χ1) is 12.8. The first kappa shape index (κ1) is 19.5. The van der Waals surface area contributed by atoms with Crippen molar-refractivity contribution in [3.63, 3.8) is 0 Å². The summed E-state index contributed by atoms with van der Waals surface area (Å²) in [5, 5.41) is 3.88. The van der Waals surface area contributed by atoms with Gasteiger partial charge in [0.2, 0.25) is 5.91 Å². The lowest BCUT2D eigenvalue weighted by Gasteiger charge is -2.11. The van der Waals surface area contributed by atoms with Crippen molar-refractivity contribution in [3.8, 4) is 5.75 Å². The standard InChI is InChI=1S/C19H17ClF2N2O2S/c1-24-15-6-4-3-5-14(15)18(27-2)16(24)11-17(25)23-12-7-9-13(10-8-12)26-19(20,21)22/h3-10H,11H2,1-2H3,(H,23,25). The van der Waals surface area contributed by atoms with E-state index >= 15 is 0 Å². The fourth-order valence-electron chi connectivity index (χ4n) is 2.94. The number of hydrogen-bond acceptors (Lipinski definition) is 3. The van der Waals surface area contributed by atoms with Crippen LogP contribution in [0.15, 0.2) is 53.4 Å².